The summed E-state index contributed by atoms with van der Waals surface area (Å²) in [5.74, 6) is -1.40. The van der Waals surface area contributed by atoms with E-state index in [1.807, 2.05) is 30.3 Å². The van der Waals surface area contributed by atoms with Crippen molar-refractivity contribution in [3.05, 3.63) is 71.5 Å². The summed E-state index contributed by atoms with van der Waals surface area (Å²) in [6.45, 7) is 0.135. The third-order valence-electron chi connectivity index (χ3n) is 2.71. The van der Waals surface area contributed by atoms with Crippen molar-refractivity contribution < 1.29 is 18.7 Å². The van der Waals surface area contributed by atoms with Gasteiger partial charge in [-0.05, 0) is 29.8 Å². The molecule has 0 bridgehead atoms. The molecule has 4 heteroatoms. The Morgan fingerprint density at radius 2 is 1.60 bits per heavy atom. The molecule has 3 nitrogen and oxygen atoms in total. The highest BCUT2D eigenvalue weighted by Crippen LogP contribution is 2.07. The molecule has 0 radical (unpaired) electrons. The Kier molecular flexibility index (Phi) is 4.60. The minimum absolute atomic E-state index is 0.135. The van der Waals surface area contributed by atoms with E-state index in [4.69, 9.17) is 4.74 Å². The molecular formula is C16H13FO3. The first kappa shape index (κ1) is 13.9. The molecule has 0 N–H and O–H groups in total. The fourth-order valence-electron chi connectivity index (χ4n) is 1.66. The first-order valence-electron chi connectivity index (χ1n) is 6.13. The largest absolute Gasteiger partial charge is 0.460 e. The smallest absolute Gasteiger partial charge is 0.314 e. The van der Waals surface area contributed by atoms with E-state index in [0.717, 1.165) is 5.56 Å². The van der Waals surface area contributed by atoms with Gasteiger partial charge in [0.15, 0.2) is 5.78 Å². The van der Waals surface area contributed by atoms with Crippen molar-refractivity contribution in [1.29, 1.82) is 0 Å². The lowest BCUT2D eigenvalue weighted by Crippen LogP contribution is -2.11. The van der Waals surface area contributed by atoms with Crippen molar-refractivity contribution in [2.45, 2.75) is 13.0 Å². The maximum atomic E-state index is 12.7. The molecule has 0 aliphatic heterocycles. The lowest BCUT2D eigenvalue weighted by Gasteiger charge is -2.04. The van der Waals surface area contributed by atoms with Gasteiger partial charge in [0, 0.05) is 5.56 Å². The van der Waals surface area contributed by atoms with Gasteiger partial charge >= 0.3 is 5.97 Å². The van der Waals surface area contributed by atoms with Gasteiger partial charge in [-0.1, -0.05) is 30.3 Å². The molecule has 0 atom stereocenters. The van der Waals surface area contributed by atoms with Crippen molar-refractivity contribution in [1.82, 2.24) is 0 Å². The van der Waals surface area contributed by atoms with Gasteiger partial charge in [-0.3, -0.25) is 9.59 Å². The van der Waals surface area contributed by atoms with Crippen LogP contribution >= 0.6 is 0 Å². The van der Waals surface area contributed by atoms with E-state index >= 15 is 0 Å². The lowest BCUT2D eigenvalue weighted by atomic mass is 10.1. The molecule has 2 aromatic carbocycles. The van der Waals surface area contributed by atoms with Crippen LogP contribution in [0.5, 0.6) is 0 Å². The standard InChI is InChI=1S/C16H13FO3/c17-14-8-6-13(7-9-14)15(18)10-16(19)20-11-12-4-2-1-3-5-12/h1-9H,10-11H2. The van der Waals surface area contributed by atoms with Crippen LogP contribution in [0.2, 0.25) is 0 Å². The quantitative estimate of drug-likeness (QED) is 0.477. The number of Topliss-reactive ketones (excluding diaryl/α,β-unsaturated/α-hetero) is 1. The van der Waals surface area contributed by atoms with Crippen molar-refractivity contribution in [2.24, 2.45) is 0 Å². The molecule has 0 fully saturated rings. The fraction of sp³-hybridized carbons (Fsp3) is 0.125. The van der Waals surface area contributed by atoms with E-state index in [1.54, 1.807) is 0 Å². The fourth-order valence-corrected chi connectivity index (χ4v) is 1.66. The average Bonchev–Trinajstić information content (AvgIpc) is 2.47. The average molecular weight is 272 g/mol. The minimum Gasteiger partial charge on any atom is -0.460 e. The Morgan fingerprint density at radius 1 is 0.950 bits per heavy atom. The first-order valence-corrected chi connectivity index (χ1v) is 6.13. The molecule has 0 heterocycles. The molecule has 0 aromatic heterocycles. The molecule has 102 valence electrons. The third kappa shape index (κ3) is 4.02. The second-order valence-electron chi connectivity index (χ2n) is 4.25. The monoisotopic (exact) mass is 272 g/mol. The molecule has 0 aliphatic carbocycles. The molecular weight excluding hydrogens is 259 g/mol. The maximum absolute atomic E-state index is 12.7. The Balaban J connectivity index is 1.85. The van der Waals surface area contributed by atoms with Gasteiger partial charge in [0.2, 0.25) is 0 Å². The second-order valence-corrected chi connectivity index (χ2v) is 4.25. The number of ketones is 1. The molecule has 2 aromatic rings. The number of rotatable bonds is 5. The zero-order valence-electron chi connectivity index (χ0n) is 10.7. The predicted molar refractivity (Wildman–Crippen MR) is 71.6 cm³/mol. The van der Waals surface area contributed by atoms with E-state index in [2.05, 4.69) is 0 Å². The van der Waals surface area contributed by atoms with E-state index in [0.29, 0.717) is 5.56 Å². The summed E-state index contributed by atoms with van der Waals surface area (Å²) in [5.41, 5.74) is 1.15. The van der Waals surface area contributed by atoms with Crippen LogP contribution in [-0.4, -0.2) is 11.8 Å². The summed E-state index contributed by atoms with van der Waals surface area (Å²) in [4.78, 5) is 23.3. The zero-order chi connectivity index (χ0) is 14.4. The molecule has 0 amide bonds. The van der Waals surface area contributed by atoms with Gasteiger partial charge in [0.05, 0.1) is 0 Å². The Morgan fingerprint density at radius 3 is 2.25 bits per heavy atom. The molecule has 0 spiro atoms. The van der Waals surface area contributed by atoms with Crippen LogP contribution in [-0.2, 0) is 16.1 Å². The highest BCUT2D eigenvalue weighted by molar-refractivity contribution is 6.05. The summed E-state index contributed by atoms with van der Waals surface area (Å²) in [6, 6.07) is 14.3. The summed E-state index contributed by atoms with van der Waals surface area (Å²) < 4.78 is 17.7. The molecule has 0 saturated carbocycles. The molecule has 0 saturated heterocycles. The molecule has 2 rings (SSSR count). The van der Waals surface area contributed by atoms with Crippen molar-refractivity contribution in [3.63, 3.8) is 0 Å². The van der Waals surface area contributed by atoms with Gasteiger partial charge in [-0.2, -0.15) is 0 Å². The van der Waals surface area contributed by atoms with E-state index in [1.165, 1.54) is 24.3 Å². The number of halogens is 1. The zero-order valence-corrected chi connectivity index (χ0v) is 10.7. The van der Waals surface area contributed by atoms with Crippen LogP contribution in [0.15, 0.2) is 54.6 Å². The number of esters is 1. The van der Waals surface area contributed by atoms with E-state index in [9.17, 15) is 14.0 Å². The number of ether oxygens (including phenoxy) is 1. The second kappa shape index (κ2) is 6.61. The number of benzene rings is 2. The van der Waals surface area contributed by atoms with Crippen LogP contribution in [0.4, 0.5) is 4.39 Å². The lowest BCUT2D eigenvalue weighted by molar-refractivity contribution is -0.143. The van der Waals surface area contributed by atoms with Crippen LogP contribution < -0.4 is 0 Å². The summed E-state index contributed by atoms with van der Waals surface area (Å²) >= 11 is 0. The van der Waals surface area contributed by atoms with Crippen molar-refractivity contribution >= 4 is 11.8 Å². The predicted octanol–water partition coefficient (Wildman–Crippen LogP) is 3.14. The topological polar surface area (TPSA) is 43.4 Å². The molecule has 0 unspecified atom stereocenters. The van der Waals surface area contributed by atoms with Gasteiger partial charge in [0.1, 0.15) is 18.8 Å². The van der Waals surface area contributed by atoms with Gasteiger partial charge in [0.25, 0.3) is 0 Å². The number of carbonyl (C=O) groups excluding carboxylic acids is 2. The van der Waals surface area contributed by atoms with Crippen LogP contribution in [0.25, 0.3) is 0 Å². The van der Waals surface area contributed by atoms with E-state index < -0.39 is 11.8 Å². The summed E-state index contributed by atoms with van der Waals surface area (Å²) in [7, 11) is 0. The Bertz CT molecular complexity index is 591. The van der Waals surface area contributed by atoms with Crippen molar-refractivity contribution in [2.75, 3.05) is 0 Å². The first-order chi connectivity index (χ1) is 9.65. The van der Waals surface area contributed by atoms with Gasteiger partial charge in [-0.15, -0.1) is 0 Å². The minimum atomic E-state index is -0.594. The number of carbonyl (C=O) groups is 2. The highest BCUT2D eigenvalue weighted by Gasteiger charge is 2.13. The Hall–Kier alpha value is -2.49. The SMILES string of the molecule is O=C(CC(=O)c1ccc(F)cc1)OCc1ccccc1. The Labute approximate surface area is 116 Å². The van der Waals surface area contributed by atoms with Crippen LogP contribution in [0.1, 0.15) is 22.3 Å². The third-order valence-corrected chi connectivity index (χ3v) is 2.71. The van der Waals surface area contributed by atoms with Crippen LogP contribution in [0, 0.1) is 5.82 Å². The number of hydrogen-bond acceptors (Lipinski definition) is 3. The van der Waals surface area contributed by atoms with Gasteiger partial charge in [-0.25, -0.2) is 4.39 Å². The van der Waals surface area contributed by atoms with Crippen LogP contribution in [0.3, 0.4) is 0 Å². The van der Waals surface area contributed by atoms with Gasteiger partial charge < -0.3 is 4.74 Å². The maximum Gasteiger partial charge on any atom is 0.314 e. The number of hydrogen-bond donors (Lipinski definition) is 0. The summed E-state index contributed by atoms with van der Waals surface area (Å²) in [6.07, 6.45) is -0.349. The normalized spacial score (nSPS) is 10.1. The molecule has 0 aliphatic rings. The van der Waals surface area contributed by atoms with E-state index in [-0.39, 0.29) is 18.8 Å². The highest BCUT2D eigenvalue weighted by atomic mass is 19.1. The molecule has 20 heavy (non-hydrogen) atoms. The van der Waals surface area contributed by atoms with Crippen molar-refractivity contribution in [3.8, 4) is 0 Å². The summed E-state index contributed by atoms with van der Waals surface area (Å²) in [5, 5.41) is 0.